The van der Waals surface area contributed by atoms with Gasteiger partial charge in [0.2, 0.25) is 5.82 Å². The van der Waals surface area contributed by atoms with Gasteiger partial charge in [-0.2, -0.15) is 4.39 Å². The lowest BCUT2D eigenvalue weighted by Gasteiger charge is -2.20. The predicted molar refractivity (Wildman–Crippen MR) is 133 cm³/mol. The van der Waals surface area contributed by atoms with Crippen LogP contribution in [0.2, 0.25) is 0 Å². The third-order valence-corrected chi connectivity index (χ3v) is 6.27. The molecule has 176 valence electrons. The van der Waals surface area contributed by atoms with Crippen molar-refractivity contribution in [2.75, 3.05) is 6.61 Å². The normalized spacial score (nSPS) is 16.0. The summed E-state index contributed by atoms with van der Waals surface area (Å²) in [6.45, 7) is 4.25. The first-order chi connectivity index (χ1) is 16.5. The first-order valence-electron chi connectivity index (χ1n) is 11.8. The molecule has 3 aromatic rings. The lowest BCUT2D eigenvalue weighted by atomic mass is 9.86. The zero-order chi connectivity index (χ0) is 24.1. The molecule has 34 heavy (non-hydrogen) atoms. The van der Waals surface area contributed by atoms with E-state index in [1.54, 1.807) is 36.4 Å². The first-order valence-corrected chi connectivity index (χ1v) is 11.8. The minimum atomic E-state index is -0.995. The molecular weight excluding hydrogens is 433 g/mol. The number of hydrogen-bond donors (Lipinski definition) is 0. The molecule has 1 nitrogen and oxygen atoms in total. The number of allylic oxidation sites excluding steroid dienone is 4. The van der Waals surface area contributed by atoms with E-state index in [9.17, 15) is 8.78 Å². The summed E-state index contributed by atoms with van der Waals surface area (Å²) in [5.74, 6) is -1.77. The topological polar surface area (TPSA) is 9.23 Å². The number of halogens is 3. The molecule has 1 aliphatic rings. The number of ether oxygens (including phenoxy) is 1. The smallest absolute Gasteiger partial charge is 0.201 e. The van der Waals surface area contributed by atoms with Crippen LogP contribution in [0.5, 0.6) is 5.75 Å². The fourth-order valence-corrected chi connectivity index (χ4v) is 4.42. The maximum Gasteiger partial charge on any atom is 0.201 e. The molecule has 3 aromatic carbocycles. The summed E-state index contributed by atoms with van der Waals surface area (Å²) in [5, 5.41) is 0. The molecule has 0 aromatic heterocycles. The fraction of sp³-hybridized carbons (Fsp3) is 0.267. The second kappa shape index (κ2) is 10.8. The van der Waals surface area contributed by atoms with Crippen LogP contribution in [-0.2, 0) is 0 Å². The van der Waals surface area contributed by atoms with E-state index in [1.165, 1.54) is 17.7 Å². The third kappa shape index (κ3) is 5.11. The maximum absolute atomic E-state index is 15.0. The summed E-state index contributed by atoms with van der Waals surface area (Å²) in [7, 11) is 0. The van der Waals surface area contributed by atoms with Gasteiger partial charge in [-0.05, 0) is 79.0 Å². The lowest BCUT2D eigenvalue weighted by molar-refractivity contribution is 0.295. The van der Waals surface area contributed by atoms with Crippen LogP contribution < -0.4 is 4.74 Å². The second-order valence-electron chi connectivity index (χ2n) is 8.65. The molecule has 0 amide bonds. The van der Waals surface area contributed by atoms with E-state index in [-0.39, 0.29) is 17.1 Å². The molecule has 0 heterocycles. The summed E-state index contributed by atoms with van der Waals surface area (Å²) >= 11 is 0. The Kier molecular flexibility index (Phi) is 7.56. The van der Waals surface area contributed by atoms with Crippen LogP contribution in [0.1, 0.15) is 45.1 Å². The van der Waals surface area contributed by atoms with Crippen LogP contribution in [-0.4, -0.2) is 6.61 Å². The van der Waals surface area contributed by atoms with E-state index in [0.29, 0.717) is 35.6 Å². The molecule has 4 rings (SSSR count). The molecular formula is C30H29F3O. The van der Waals surface area contributed by atoms with Crippen molar-refractivity contribution in [3.63, 3.8) is 0 Å². The second-order valence-corrected chi connectivity index (χ2v) is 8.65. The van der Waals surface area contributed by atoms with Gasteiger partial charge < -0.3 is 4.74 Å². The van der Waals surface area contributed by atoms with Crippen LogP contribution in [0.4, 0.5) is 13.2 Å². The molecule has 1 atom stereocenters. The van der Waals surface area contributed by atoms with Gasteiger partial charge >= 0.3 is 0 Å². The number of rotatable bonds is 7. The van der Waals surface area contributed by atoms with Gasteiger partial charge in [0.25, 0.3) is 0 Å². The van der Waals surface area contributed by atoms with Crippen molar-refractivity contribution in [3.8, 4) is 28.0 Å². The van der Waals surface area contributed by atoms with E-state index in [4.69, 9.17) is 4.74 Å². The van der Waals surface area contributed by atoms with Crippen LogP contribution in [0.15, 0.2) is 72.8 Å². The molecule has 1 aliphatic carbocycles. The Labute approximate surface area is 199 Å². The Balaban J connectivity index is 1.54. The third-order valence-electron chi connectivity index (χ3n) is 6.27. The van der Waals surface area contributed by atoms with E-state index in [0.717, 1.165) is 24.8 Å². The van der Waals surface area contributed by atoms with E-state index >= 15 is 4.39 Å². The van der Waals surface area contributed by atoms with Gasteiger partial charge in [0.1, 0.15) is 5.82 Å². The quantitative estimate of drug-likeness (QED) is 0.318. The molecule has 0 N–H and O–H groups in total. The van der Waals surface area contributed by atoms with Crippen molar-refractivity contribution in [3.05, 3.63) is 95.8 Å². The van der Waals surface area contributed by atoms with Gasteiger partial charge in [0.15, 0.2) is 11.6 Å². The highest BCUT2D eigenvalue weighted by Crippen LogP contribution is 2.35. The molecule has 0 spiro atoms. The Morgan fingerprint density at radius 1 is 0.882 bits per heavy atom. The van der Waals surface area contributed by atoms with Crippen molar-refractivity contribution >= 4 is 5.57 Å². The van der Waals surface area contributed by atoms with Crippen molar-refractivity contribution in [1.29, 1.82) is 0 Å². The Morgan fingerprint density at radius 3 is 2.18 bits per heavy atom. The molecule has 4 heteroatoms. The summed E-state index contributed by atoms with van der Waals surface area (Å²) in [5.41, 5.74) is 3.92. The predicted octanol–water partition coefficient (Wildman–Crippen LogP) is 8.99. The molecule has 0 aliphatic heterocycles. The first kappa shape index (κ1) is 23.9. The van der Waals surface area contributed by atoms with Gasteiger partial charge in [-0.25, -0.2) is 8.78 Å². The zero-order valence-electron chi connectivity index (χ0n) is 19.6. The van der Waals surface area contributed by atoms with Crippen molar-refractivity contribution < 1.29 is 17.9 Å². The molecule has 0 fully saturated rings. The molecule has 0 bridgehead atoms. The highest BCUT2D eigenvalue weighted by atomic mass is 19.2. The van der Waals surface area contributed by atoms with Crippen LogP contribution in [0, 0.1) is 23.4 Å². The molecule has 0 saturated heterocycles. The minimum absolute atomic E-state index is 0.0905. The summed E-state index contributed by atoms with van der Waals surface area (Å²) in [6.07, 6.45) is 10.2. The van der Waals surface area contributed by atoms with E-state index in [2.05, 4.69) is 18.2 Å². The Bertz CT molecular complexity index is 1210. The lowest BCUT2D eigenvalue weighted by Crippen LogP contribution is -2.02. The summed E-state index contributed by atoms with van der Waals surface area (Å²) < 4.78 is 49.3. The van der Waals surface area contributed by atoms with Crippen LogP contribution in [0.3, 0.4) is 0 Å². The largest absolute Gasteiger partial charge is 0.490 e. The van der Waals surface area contributed by atoms with Gasteiger partial charge in [-0.1, -0.05) is 61.5 Å². The van der Waals surface area contributed by atoms with Crippen LogP contribution >= 0.6 is 0 Å². The van der Waals surface area contributed by atoms with Gasteiger partial charge in [-0.3, -0.25) is 0 Å². The standard InChI is InChI=1S/C30H29F3O/c1-3-5-20-6-8-21(9-7-20)24-14-15-25(27(31)19-24)22-10-12-23(13-11-22)26-16-17-28(34-18-4-2)30(33)29(26)32/h3,5,8,10-17,19-20H,4,6-7,9,18H2,1-2H3/b5-3+. The average molecular weight is 463 g/mol. The molecule has 0 saturated carbocycles. The molecule has 0 radical (unpaired) electrons. The summed E-state index contributed by atoms with van der Waals surface area (Å²) in [4.78, 5) is 0. The van der Waals surface area contributed by atoms with E-state index < -0.39 is 11.6 Å². The Morgan fingerprint density at radius 2 is 1.56 bits per heavy atom. The maximum atomic E-state index is 15.0. The van der Waals surface area contributed by atoms with E-state index in [1.807, 2.05) is 19.9 Å². The van der Waals surface area contributed by atoms with Crippen molar-refractivity contribution in [1.82, 2.24) is 0 Å². The number of hydrogen-bond acceptors (Lipinski definition) is 1. The van der Waals surface area contributed by atoms with Gasteiger partial charge in [-0.15, -0.1) is 0 Å². The average Bonchev–Trinajstić information content (AvgIpc) is 2.86. The minimum Gasteiger partial charge on any atom is -0.490 e. The fourth-order valence-electron chi connectivity index (χ4n) is 4.42. The summed E-state index contributed by atoms with van der Waals surface area (Å²) in [6, 6.07) is 15.1. The molecule has 1 unspecified atom stereocenters. The highest BCUT2D eigenvalue weighted by Gasteiger charge is 2.17. The SMILES string of the molecule is C/C=C/C1CC=C(c2ccc(-c3ccc(-c4ccc(OCCC)c(F)c4F)cc3)c(F)c2)CC1. The zero-order valence-corrected chi connectivity index (χ0v) is 19.6. The van der Waals surface area contributed by atoms with Gasteiger partial charge in [0.05, 0.1) is 6.61 Å². The highest BCUT2D eigenvalue weighted by molar-refractivity contribution is 5.74. The van der Waals surface area contributed by atoms with Crippen molar-refractivity contribution in [2.45, 2.75) is 39.5 Å². The number of benzene rings is 3. The van der Waals surface area contributed by atoms with Gasteiger partial charge in [0, 0.05) is 11.1 Å². The van der Waals surface area contributed by atoms with Crippen LogP contribution in [0.25, 0.3) is 27.8 Å². The van der Waals surface area contributed by atoms with Crippen molar-refractivity contribution in [2.24, 2.45) is 5.92 Å². The Hall–Kier alpha value is -3.27. The monoisotopic (exact) mass is 462 g/mol.